The Labute approximate surface area is 85.8 Å². The topological polar surface area (TPSA) is 20.2 Å². The van der Waals surface area contributed by atoms with Crippen LogP contribution in [0.15, 0.2) is 24.3 Å². The SMILES string of the molecule is CCCC1(O)CCc2ccccc2C1. The van der Waals surface area contributed by atoms with E-state index in [4.69, 9.17) is 0 Å². The van der Waals surface area contributed by atoms with E-state index in [9.17, 15) is 5.11 Å². The van der Waals surface area contributed by atoms with Crippen molar-refractivity contribution in [2.45, 2.75) is 44.6 Å². The maximum atomic E-state index is 10.3. The second kappa shape index (κ2) is 3.74. The zero-order chi connectivity index (χ0) is 10.0. The molecule has 0 saturated heterocycles. The van der Waals surface area contributed by atoms with Crippen LogP contribution in [0.1, 0.15) is 37.3 Å². The molecule has 0 aromatic heterocycles. The van der Waals surface area contributed by atoms with Crippen molar-refractivity contribution in [1.82, 2.24) is 0 Å². The Bertz CT molecular complexity index is 319. The molecule has 1 nitrogen and oxygen atoms in total. The van der Waals surface area contributed by atoms with Crippen LogP contribution < -0.4 is 0 Å². The number of benzene rings is 1. The Morgan fingerprint density at radius 1 is 1.29 bits per heavy atom. The Balaban J connectivity index is 2.20. The lowest BCUT2D eigenvalue weighted by molar-refractivity contribution is 0.0172. The van der Waals surface area contributed by atoms with E-state index in [0.29, 0.717) is 0 Å². The van der Waals surface area contributed by atoms with E-state index in [1.165, 1.54) is 11.1 Å². The van der Waals surface area contributed by atoms with E-state index in [1.807, 2.05) is 0 Å². The number of hydrogen-bond acceptors (Lipinski definition) is 1. The summed E-state index contributed by atoms with van der Waals surface area (Å²) in [7, 11) is 0. The summed E-state index contributed by atoms with van der Waals surface area (Å²) in [6, 6.07) is 8.48. The van der Waals surface area contributed by atoms with Gasteiger partial charge in [0.2, 0.25) is 0 Å². The minimum atomic E-state index is -0.427. The molecule has 0 bridgehead atoms. The molecule has 1 aromatic carbocycles. The summed E-state index contributed by atoms with van der Waals surface area (Å²) in [6.07, 6.45) is 4.81. The van der Waals surface area contributed by atoms with Crippen LogP contribution in [0, 0.1) is 0 Å². The quantitative estimate of drug-likeness (QED) is 0.760. The minimum absolute atomic E-state index is 0.427. The molecule has 1 aromatic rings. The molecule has 0 aliphatic heterocycles. The van der Waals surface area contributed by atoms with Crippen LogP contribution in [0.2, 0.25) is 0 Å². The van der Waals surface area contributed by atoms with E-state index in [0.717, 1.165) is 32.1 Å². The van der Waals surface area contributed by atoms with Gasteiger partial charge < -0.3 is 5.11 Å². The van der Waals surface area contributed by atoms with Gasteiger partial charge in [0.1, 0.15) is 0 Å². The molecule has 1 unspecified atom stereocenters. The largest absolute Gasteiger partial charge is 0.390 e. The lowest BCUT2D eigenvalue weighted by Crippen LogP contribution is -2.35. The summed E-state index contributed by atoms with van der Waals surface area (Å²) in [5.41, 5.74) is 2.34. The Morgan fingerprint density at radius 2 is 2.00 bits per heavy atom. The van der Waals surface area contributed by atoms with Gasteiger partial charge in [0, 0.05) is 6.42 Å². The molecule has 0 saturated carbocycles. The van der Waals surface area contributed by atoms with E-state index in [-0.39, 0.29) is 0 Å². The van der Waals surface area contributed by atoms with Crippen molar-refractivity contribution in [2.75, 3.05) is 0 Å². The minimum Gasteiger partial charge on any atom is -0.390 e. The molecule has 76 valence electrons. The first kappa shape index (κ1) is 9.72. The van der Waals surface area contributed by atoms with Crippen molar-refractivity contribution in [1.29, 1.82) is 0 Å². The van der Waals surface area contributed by atoms with Crippen molar-refractivity contribution in [3.05, 3.63) is 35.4 Å². The third-order valence-corrected chi connectivity index (χ3v) is 3.21. The van der Waals surface area contributed by atoms with Crippen molar-refractivity contribution in [3.8, 4) is 0 Å². The van der Waals surface area contributed by atoms with Crippen LogP contribution in [0.5, 0.6) is 0 Å². The monoisotopic (exact) mass is 190 g/mol. The third kappa shape index (κ3) is 1.83. The molecular formula is C13H18O. The fourth-order valence-corrected chi connectivity index (χ4v) is 2.46. The molecule has 0 heterocycles. The average Bonchev–Trinajstić information content (AvgIpc) is 2.17. The summed E-state index contributed by atoms with van der Waals surface area (Å²) in [4.78, 5) is 0. The van der Waals surface area contributed by atoms with E-state index < -0.39 is 5.60 Å². The van der Waals surface area contributed by atoms with Crippen LogP contribution in [-0.4, -0.2) is 10.7 Å². The number of rotatable bonds is 2. The third-order valence-electron chi connectivity index (χ3n) is 3.21. The van der Waals surface area contributed by atoms with Crippen molar-refractivity contribution in [3.63, 3.8) is 0 Å². The lowest BCUT2D eigenvalue weighted by atomic mass is 9.78. The van der Waals surface area contributed by atoms with Gasteiger partial charge in [0.25, 0.3) is 0 Å². The highest BCUT2D eigenvalue weighted by molar-refractivity contribution is 5.31. The van der Waals surface area contributed by atoms with Gasteiger partial charge in [0.15, 0.2) is 0 Å². The zero-order valence-corrected chi connectivity index (χ0v) is 8.79. The summed E-state index contributed by atoms with van der Waals surface area (Å²) < 4.78 is 0. The fraction of sp³-hybridized carbons (Fsp3) is 0.538. The van der Waals surface area contributed by atoms with Gasteiger partial charge in [-0.2, -0.15) is 0 Å². The Morgan fingerprint density at radius 3 is 2.71 bits per heavy atom. The van der Waals surface area contributed by atoms with E-state index in [1.54, 1.807) is 0 Å². The highest BCUT2D eigenvalue weighted by Crippen LogP contribution is 2.31. The maximum absolute atomic E-state index is 10.3. The van der Waals surface area contributed by atoms with E-state index in [2.05, 4.69) is 31.2 Å². The average molecular weight is 190 g/mol. The molecule has 1 N–H and O–H groups in total. The van der Waals surface area contributed by atoms with Gasteiger partial charge in [0.05, 0.1) is 5.60 Å². The molecular weight excluding hydrogens is 172 g/mol. The van der Waals surface area contributed by atoms with E-state index >= 15 is 0 Å². The highest BCUT2D eigenvalue weighted by Gasteiger charge is 2.30. The molecule has 1 heteroatoms. The lowest BCUT2D eigenvalue weighted by Gasteiger charge is -2.33. The van der Waals surface area contributed by atoms with Gasteiger partial charge in [-0.25, -0.2) is 0 Å². The fourth-order valence-electron chi connectivity index (χ4n) is 2.46. The molecule has 0 radical (unpaired) electrons. The Kier molecular flexibility index (Phi) is 2.60. The van der Waals surface area contributed by atoms with Crippen LogP contribution in [-0.2, 0) is 12.8 Å². The zero-order valence-electron chi connectivity index (χ0n) is 8.79. The molecule has 2 rings (SSSR count). The van der Waals surface area contributed by atoms with Crippen molar-refractivity contribution in [2.24, 2.45) is 0 Å². The van der Waals surface area contributed by atoms with Crippen LogP contribution >= 0.6 is 0 Å². The number of aryl methyl sites for hydroxylation is 1. The molecule has 1 aliphatic carbocycles. The van der Waals surface area contributed by atoms with Crippen molar-refractivity contribution >= 4 is 0 Å². The second-order valence-electron chi connectivity index (χ2n) is 4.42. The van der Waals surface area contributed by atoms with Gasteiger partial charge in [-0.1, -0.05) is 37.6 Å². The first-order valence-corrected chi connectivity index (χ1v) is 5.53. The maximum Gasteiger partial charge on any atom is 0.0691 e. The first-order chi connectivity index (χ1) is 6.73. The Hall–Kier alpha value is -0.820. The summed E-state index contributed by atoms with van der Waals surface area (Å²) >= 11 is 0. The second-order valence-corrected chi connectivity index (χ2v) is 4.42. The molecule has 0 fully saturated rings. The van der Waals surface area contributed by atoms with Crippen molar-refractivity contribution < 1.29 is 5.11 Å². The smallest absolute Gasteiger partial charge is 0.0691 e. The van der Waals surface area contributed by atoms with Crippen LogP contribution in [0.3, 0.4) is 0 Å². The number of hydrogen-bond donors (Lipinski definition) is 1. The predicted molar refractivity (Wildman–Crippen MR) is 58.3 cm³/mol. The van der Waals surface area contributed by atoms with Crippen LogP contribution in [0.4, 0.5) is 0 Å². The molecule has 0 spiro atoms. The summed E-state index contributed by atoms with van der Waals surface area (Å²) in [5, 5.41) is 10.3. The molecule has 0 amide bonds. The number of fused-ring (bicyclic) bond motifs is 1. The van der Waals surface area contributed by atoms with Crippen LogP contribution in [0.25, 0.3) is 0 Å². The van der Waals surface area contributed by atoms with Gasteiger partial charge >= 0.3 is 0 Å². The standard InChI is InChI=1S/C13H18O/c1-2-8-13(14)9-7-11-5-3-4-6-12(11)10-13/h3-6,14H,2,7-10H2,1H3. The molecule has 1 aliphatic rings. The number of aliphatic hydroxyl groups is 1. The first-order valence-electron chi connectivity index (χ1n) is 5.53. The van der Waals surface area contributed by atoms with Gasteiger partial charge in [-0.05, 0) is 30.4 Å². The highest BCUT2D eigenvalue weighted by atomic mass is 16.3. The molecule has 14 heavy (non-hydrogen) atoms. The van der Waals surface area contributed by atoms with Gasteiger partial charge in [-0.3, -0.25) is 0 Å². The summed E-state index contributed by atoms with van der Waals surface area (Å²) in [5.74, 6) is 0. The predicted octanol–water partition coefficient (Wildman–Crippen LogP) is 2.71. The summed E-state index contributed by atoms with van der Waals surface area (Å²) in [6.45, 7) is 2.14. The van der Waals surface area contributed by atoms with Gasteiger partial charge in [-0.15, -0.1) is 0 Å². The molecule has 1 atom stereocenters. The normalized spacial score (nSPS) is 25.9.